The number of cyclic esters (lactones) is 1. The molecule has 6 N–H and O–H groups in total. The van der Waals surface area contributed by atoms with E-state index in [2.05, 4.69) is 17.5 Å². The molecule has 33 heavy (non-hydrogen) atoms. The van der Waals surface area contributed by atoms with Crippen molar-refractivity contribution in [2.45, 2.75) is 82.0 Å². The van der Waals surface area contributed by atoms with Crippen LogP contribution < -0.4 is 11.2 Å². The van der Waals surface area contributed by atoms with Crippen molar-refractivity contribution in [3.8, 4) is 0 Å². The predicted molar refractivity (Wildman–Crippen MR) is 119 cm³/mol. The summed E-state index contributed by atoms with van der Waals surface area (Å²) < 4.78 is 5.18. The number of hydrogen-bond donors (Lipinski definition) is 5. The number of hydrazone groups is 1. The summed E-state index contributed by atoms with van der Waals surface area (Å²) in [6, 6.07) is -0.774. The fraction of sp³-hybridized carbons (Fsp3) is 0.792. The Morgan fingerprint density at radius 3 is 2.64 bits per heavy atom. The van der Waals surface area contributed by atoms with E-state index in [1.165, 1.54) is 0 Å². The molecule has 0 aromatic rings. The zero-order chi connectivity index (χ0) is 23.6. The fourth-order valence-corrected chi connectivity index (χ4v) is 8.57. The molecule has 9 heteroatoms. The highest BCUT2D eigenvalue weighted by atomic mass is 16.5. The molecule has 1 aliphatic heterocycles. The van der Waals surface area contributed by atoms with Crippen LogP contribution in [0.15, 0.2) is 16.8 Å². The van der Waals surface area contributed by atoms with Gasteiger partial charge in [0.1, 0.15) is 6.61 Å². The van der Waals surface area contributed by atoms with Gasteiger partial charge in [0.15, 0.2) is 0 Å². The number of nitrogens with zero attached hydrogens (tertiary/aromatic N) is 1. The molecule has 0 aromatic carbocycles. The summed E-state index contributed by atoms with van der Waals surface area (Å²) >= 11 is 0. The van der Waals surface area contributed by atoms with Gasteiger partial charge >= 0.3 is 12.0 Å². The lowest BCUT2D eigenvalue weighted by Crippen LogP contribution is -2.68. The van der Waals surface area contributed by atoms with E-state index < -0.39 is 28.8 Å². The number of nitrogens with one attached hydrogen (secondary N) is 1. The normalized spacial score (nSPS) is 49.1. The number of hydrogen-bond acceptors (Lipinski definition) is 7. The highest BCUT2D eigenvalue weighted by molar-refractivity contribution is 5.85. The van der Waals surface area contributed by atoms with Crippen LogP contribution in [-0.2, 0) is 9.53 Å². The SMILES string of the molecule is C[C@]12CC[C@H]3[C@@H](CC[C@]4(O)C[C@H](O)CC[C@]34/C=N\NC(N)=O)[C@]1(O)CC[C@H]2C1=CC(=O)OC1. The van der Waals surface area contributed by atoms with Crippen molar-refractivity contribution in [3.05, 3.63) is 11.6 Å². The molecular formula is C24H35N3O6. The van der Waals surface area contributed by atoms with Gasteiger partial charge in [-0.25, -0.2) is 15.0 Å². The van der Waals surface area contributed by atoms with Gasteiger partial charge in [-0.2, -0.15) is 5.10 Å². The van der Waals surface area contributed by atoms with Crippen LogP contribution in [0.2, 0.25) is 0 Å². The summed E-state index contributed by atoms with van der Waals surface area (Å²) in [5, 5.41) is 38.6. The highest BCUT2D eigenvalue weighted by Gasteiger charge is 2.71. The number of carbonyl (C=O) groups excluding carboxylic acids is 2. The number of ether oxygens (including phenoxy) is 1. The summed E-state index contributed by atoms with van der Waals surface area (Å²) in [6.45, 7) is 2.45. The predicted octanol–water partition coefficient (Wildman–Crippen LogP) is 1.35. The van der Waals surface area contributed by atoms with E-state index >= 15 is 0 Å². The van der Waals surface area contributed by atoms with Gasteiger partial charge in [0.25, 0.3) is 0 Å². The summed E-state index contributed by atoms with van der Waals surface area (Å²) in [5.74, 6) is -0.326. The molecule has 8 atom stereocenters. The Hall–Kier alpha value is -1.97. The molecule has 0 bridgehead atoms. The third-order valence-corrected chi connectivity index (χ3v) is 10.1. The van der Waals surface area contributed by atoms with Crippen molar-refractivity contribution < 1.29 is 29.6 Å². The smallest absolute Gasteiger partial charge is 0.332 e. The summed E-state index contributed by atoms with van der Waals surface area (Å²) in [5.41, 5.74) is 5.21. The van der Waals surface area contributed by atoms with Crippen LogP contribution in [-0.4, -0.2) is 57.4 Å². The Morgan fingerprint density at radius 1 is 1.18 bits per heavy atom. The summed E-state index contributed by atoms with van der Waals surface area (Å²) in [6.07, 6.45) is 8.02. The minimum absolute atomic E-state index is 0.0468. The van der Waals surface area contributed by atoms with E-state index in [1.807, 2.05) is 0 Å². The summed E-state index contributed by atoms with van der Waals surface area (Å²) in [7, 11) is 0. The van der Waals surface area contributed by atoms with Crippen molar-refractivity contribution in [2.24, 2.45) is 39.4 Å². The molecule has 182 valence electrons. The first-order valence-electron chi connectivity index (χ1n) is 12.1. The Labute approximate surface area is 193 Å². The first-order valence-corrected chi connectivity index (χ1v) is 12.1. The lowest BCUT2D eigenvalue weighted by atomic mass is 9.41. The summed E-state index contributed by atoms with van der Waals surface area (Å²) in [4.78, 5) is 23.0. The van der Waals surface area contributed by atoms with Gasteiger partial charge in [-0.1, -0.05) is 6.92 Å². The van der Waals surface area contributed by atoms with Crippen LogP contribution in [0.1, 0.15) is 64.7 Å². The number of aliphatic hydroxyl groups is 3. The van der Waals surface area contributed by atoms with Crippen LogP contribution in [0.25, 0.3) is 0 Å². The number of aliphatic hydroxyl groups excluding tert-OH is 1. The van der Waals surface area contributed by atoms with E-state index in [-0.39, 0.29) is 35.6 Å². The second-order valence-corrected chi connectivity index (χ2v) is 11.3. The van der Waals surface area contributed by atoms with Gasteiger partial charge in [0.05, 0.1) is 17.3 Å². The van der Waals surface area contributed by atoms with Gasteiger partial charge < -0.3 is 25.8 Å². The Kier molecular flexibility index (Phi) is 5.19. The van der Waals surface area contributed by atoms with Crippen LogP contribution >= 0.6 is 0 Å². The molecule has 0 spiro atoms. The molecule has 4 fully saturated rings. The van der Waals surface area contributed by atoms with Crippen molar-refractivity contribution in [1.82, 2.24) is 5.43 Å². The Bertz CT molecular complexity index is 922. The monoisotopic (exact) mass is 461 g/mol. The van der Waals surface area contributed by atoms with Gasteiger partial charge in [0, 0.05) is 29.5 Å². The number of esters is 1. The van der Waals surface area contributed by atoms with Crippen molar-refractivity contribution in [3.63, 3.8) is 0 Å². The van der Waals surface area contributed by atoms with E-state index in [4.69, 9.17) is 10.5 Å². The molecule has 0 unspecified atom stereocenters. The Morgan fingerprint density at radius 2 is 1.94 bits per heavy atom. The fourth-order valence-electron chi connectivity index (χ4n) is 8.57. The molecule has 4 saturated carbocycles. The van der Waals surface area contributed by atoms with Gasteiger partial charge in [-0.05, 0) is 74.7 Å². The van der Waals surface area contributed by atoms with Crippen molar-refractivity contribution in [1.29, 1.82) is 0 Å². The van der Waals surface area contributed by atoms with Gasteiger partial charge in [-0.3, -0.25) is 0 Å². The first kappa shape index (κ1) is 22.8. The van der Waals surface area contributed by atoms with Crippen LogP contribution in [0.4, 0.5) is 4.79 Å². The number of rotatable bonds is 3. The second kappa shape index (κ2) is 7.52. The molecular weight excluding hydrogens is 426 g/mol. The maximum absolute atomic E-state index is 12.3. The number of primary amides is 1. The molecule has 1 heterocycles. The Balaban J connectivity index is 1.52. The minimum Gasteiger partial charge on any atom is -0.458 e. The first-order chi connectivity index (χ1) is 15.5. The van der Waals surface area contributed by atoms with E-state index in [9.17, 15) is 24.9 Å². The van der Waals surface area contributed by atoms with Gasteiger partial charge in [0.2, 0.25) is 0 Å². The highest BCUT2D eigenvalue weighted by Crippen LogP contribution is 2.70. The number of nitrogens with two attached hydrogens (primary N) is 1. The average Bonchev–Trinajstić information content (AvgIpc) is 3.28. The third kappa shape index (κ3) is 3.12. The largest absolute Gasteiger partial charge is 0.458 e. The molecule has 5 rings (SSSR count). The number of fused-ring (bicyclic) bond motifs is 5. The lowest BCUT2D eigenvalue weighted by Gasteiger charge is -2.65. The van der Waals surface area contributed by atoms with E-state index in [0.29, 0.717) is 38.7 Å². The molecule has 0 saturated heterocycles. The zero-order valence-electron chi connectivity index (χ0n) is 19.1. The van der Waals surface area contributed by atoms with Gasteiger partial charge in [-0.15, -0.1) is 0 Å². The van der Waals surface area contributed by atoms with Crippen molar-refractivity contribution in [2.75, 3.05) is 6.61 Å². The quantitative estimate of drug-likeness (QED) is 0.243. The molecule has 2 amide bonds. The third-order valence-electron chi connectivity index (χ3n) is 10.1. The number of urea groups is 1. The zero-order valence-corrected chi connectivity index (χ0v) is 19.1. The number of carbonyl (C=O) groups is 2. The average molecular weight is 462 g/mol. The second-order valence-electron chi connectivity index (χ2n) is 11.3. The molecule has 5 aliphatic rings. The lowest BCUT2D eigenvalue weighted by molar-refractivity contribution is -0.237. The topological polar surface area (TPSA) is 154 Å². The standard InChI is InChI=1S/C24H35N3O6/c1-21-6-3-17-18(24(21,32)9-5-16(21)14-10-19(29)33-12-14)4-8-23(31)11-15(28)2-7-22(17,23)13-26-27-20(25)30/h10,13,15-18,28,31-32H,2-9,11-12H2,1H3,(H3,25,27,30)/b26-13-/t15-,16+,17+,18-,21-,22+,23+,24-/m1/s1. The van der Waals surface area contributed by atoms with E-state index in [0.717, 1.165) is 24.8 Å². The van der Waals surface area contributed by atoms with Crippen LogP contribution in [0, 0.1) is 28.6 Å². The molecule has 4 aliphatic carbocycles. The maximum atomic E-state index is 12.3. The van der Waals surface area contributed by atoms with Crippen LogP contribution in [0.3, 0.4) is 0 Å². The molecule has 0 radical (unpaired) electrons. The van der Waals surface area contributed by atoms with E-state index in [1.54, 1.807) is 12.3 Å². The minimum atomic E-state index is -1.16. The molecule has 9 nitrogen and oxygen atoms in total. The van der Waals surface area contributed by atoms with Crippen molar-refractivity contribution >= 4 is 18.2 Å². The van der Waals surface area contributed by atoms with Crippen LogP contribution in [0.5, 0.6) is 0 Å². The molecule has 0 aromatic heterocycles. The maximum Gasteiger partial charge on any atom is 0.332 e. The number of amides is 2.